The van der Waals surface area contributed by atoms with Gasteiger partial charge in [-0.2, -0.15) is 33.7 Å². The van der Waals surface area contributed by atoms with Crippen molar-refractivity contribution in [3.05, 3.63) is 13.2 Å². The molecule has 12 heteroatoms. The smallest absolute Gasteiger partial charge is 0.185 e. The third-order valence-corrected chi connectivity index (χ3v) is 3.60. The molecule has 0 aromatic heterocycles. The Kier molecular flexibility index (Phi) is 9.85. The Balaban J connectivity index is 0. The minimum atomic E-state index is -2.97. The van der Waals surface area contributed by atoms with Gasteiger partial charge in [0.05, 0.1) is 21.5 Å². The van der Waals surface area contributed by atoms with Crippen LogP contribution < -0.4 is 0 Å². The fraction of sp³-hybridized carbons (Fsp3) is 0.143. The molecule has 0 N–H and O–H groups in total. The third-order valence-electron chi connectivity index (χ3n) is 1.20. The summed E-state index contributed by atoms with van der Waals surface area (Å²) >= 11 is 0. The van der Waals surface area contributed by atoms with Gasteiger partial charge in [-0.15, -0.1) is 13.2 Å². The fourth-order valence-corrected chi connectivity index (χ4v) is 3.50. The molecule has 0 unspecified atom stereocenters. The summed E-state index contributed by atoms with van der Waals surface area (Å²) in [5.41, 5.74) is -2.36. The summed E-state index contributed by atoms with van der Waals surface area (Å²) in [6.07, 6.45) is 0. The van der Waals surface area contributed by atoms with Gasteiger partial charge in [0.15, 0.2) is 0 Å². The molecule has 0 aromatic carbocycles. The largest absolute Gasteiger partial charge is 0.211 e. The zero-order valence-electron chi connectivity index (χ0n) is 9.12. The highest BCUT2D eigenvalue weighted by Gasteiger charge is 2.24. The molecular weight excluding hydrogens is 340 g/mol. The lowest BCUT2D eigenvalue weighted by atomic mass is 10.0. The second kappa shape index (κ2) is 9.43. The van der Waals surface area contributed by atoms with Crippen LogP contribution in [-0.4, -0.2) is 55.1 Å². The average molecular weight is 348 g/mol. The van der Waals surface area contributed by atoms with Gasteiger partial charge in [-0.3, -0.25) is 0 Å². The molecule has 0 saturated carbocycles. The number of rotatable bonds is 4. The van der Waals surface area contributed by atoms with E-state index in [1.165, 1.54) is 0 Å². The molecule has 0 bridgehead atoms. The van der Waals surface area contributed by atoms with E-state index in [1.54, 1.807) is 0 Å². The van der Waals surface area contributed by atoms with E-state index < -0.39 is 46.6 Å². The molecule has 0 spiro atoms. The lowest BCUT2D eigenvalue weighted by Crippen LogP contribution is -2.30. The summed E-state index contributed by atoms with van der Waals surface area (Å²) in [6, 6.07) is 0. The number of hydrogen-bond acceptors (Lipinski definition) is 8. The molecule has 0 heterocycles. The van der Waals surface area contributed by atoms with Crippen molar-refractivity contribution in [3.8, 4) is 0 Å². The predicted molar refractivity (Wildman–Crippen MR) is 73.6 cm³/mol. The molecule has 0 aliphatic carbocycles. The third kappa shape index (κ3) is 10.1. The molecule has 0 aliphatic heterocycles. The van der Waals surface area contributed by atoms with Crippen LogP contribution in [-0.2, 0) is 41.2 Å². The van der Waals surface area contributed by atoms with Crippen molar-refractivity contribution in [1.82, 2.24) is 0 Å². The Bertz CT molecular complexity index is 668. The van der Waals surface area contributed by atoms with Crippen LogP contribution in [0.25, 0.3) is 0 Å². The molecule has 0 aliphatic rings. The van der Waals surface area contributed by atoms with Crippen molar-refractivity contribution < 1.29 is 33.7 Å². The monoisotopic (exact) mass is 348 g/mol. The Morgan fingerprint density at radius 3 is 0.789 bits per heavy atom. The normalized spacial score (nSPS) is 9.05. The number of hydrogen-bond donors (Lipinski definition) is 0. The van der Waals surface area contributed by atoms with Crippen LogP contribution in [0, 0.1) is 5.41 Å². The average Bonchev–Trinajstić information content (AvgIpc) is 2.14. The fourth-order valence-electron chi connectivity index (χ4n) is 0.833. The molecular formula is C7H8O8S4. The minimum Gasteiger partial charge on any atom is -0.185 e. The maximum Gasteiger partial charge on any atom is 0.211 e. The SMILES string of the molecule is C=C.O=S(=O)=CC(C=S(=O)=O)(C=S(=O)=O)C=S(=O)=O. The first-order chi connectivity index (χ1) is 8.67. The summed E-state index contributed by atoms with van der Waals surface area (Å²) in [7, 11) is -11.9. The van der Waals surface area contributed by atoms with Crippen molar-refractivity contribution in [2.45, 2.75) is 0 Å². The highest BCUT2D eigenvalue weighted by Crippen LogP contribution is 2.02. The van der Waals surface area contributed by atoms with Crippen LogP contribution in [0.1, 0.15) is 0 Å². The molecule has 0 aromatic rings. The van der Waals surface area contributed by atoms with Gasteiger partial charge in [-0.1, -0.05) is 0 Å². The van der Waals surface area contributed by atoms with E-state index in [4.69, 9.17) is 0 Å². The maximum absolute atomic E-state index is 10.4. The highest BCUT2D eigenvalue weighted by molar-refractivity contribution is 7.77. The zero-order valence-corrected chi connectivity index (χ0v) is 12.4. The van der Waals surface area contributed by atoms with Crippen molar-refractivity contribution in [3.63, 3.8) is 0 Å². The van der Waals surface area contributed by atoms with Crippen molar-refractivity contribution in [2.24, 2.45) is 5.41 Å². The van der Waals surface area contributed by atoms with E-state index in [-0.39, 0.29) is 21.5 Å². The quantitative estimate of drug-likeness (QED) is 0.402. The molecule has 0 fully saturated rings. The van der Waals surface area contributed by atoms with E-state index in [2.05, 4.69) is 13.2 Å². The molecule has 19 heavy (non-hydrogen) atoms. The molecule has 0 atom stereocenters. The van der Waals surface area contributed by atoms with Gasteiger partial charge in [0.25, 0.3) is 0 Å². The van der Waals surface area contributed by atoms with Crippen LogP contribution in [0.2, 0.25) is 0 Å². The van der Waals surface area contributed by atoms with Gasteiger partial charge in [0.1, 0.15) is 5.41 Å². The van der Waals surface area contributed by atoms with Gasteiger partial charge < -0.3 is 0 Å². The maximum atomic E-state index is 10.4. The van der Waals surface area contributed by atoms with E-state index in [1.807, 2.05) is 0 Å². The van der Waals surface area contributed by atoms with Crippen LogP contribution in [0.5, 0.6) is 0 Å². The Morgan fingerprint density at radius 1 is 0.526 bits per heavy atom. The van der Waals surface area contributed by atoms with E-state index in [0.29, 0.717) is 0 Å². The Hall–Kier alpha value is -1.50. The first kappa shape index (κ1) is 19.8. The molecule has 108 valence electrons. The summed E-state index contributed by atoms with van der Waals surface area (Å²) in [5.74, 6) is 0. The standard InChI is InChI=1S/C5H4O8S4.C2H4/c6-14(7)1-5(2-15(8)9,3-16(10)11)4-17(12)13;1-2/h1-4H;1-2H2. The minimum absolute atomic E-state index is 0.217. The summed E-state index contributed by atoms with van der Waals surface area (Å²) in [5, 5.41) is 0.867. The Labute approximate surface area is 115 Å². The molecule has 8 nitrogen and oxygen atoms in total. The lowest BCUT2D eigenvalue weighted by Gasteiger charge is -2.07. The topological polar surface area (TPSA) is 137 Å². The van der Waals surface area contributed by atoms with Crippen molar-refractivity contribution in [1.29, 1.82) is 0 Å². The molecule has 0 radical (unpaired) electrons. The van der Waals surface area contributed by atoms with Crippen molar-refractivity contribution in [2.75, 3.05) is 0 Å². The van der Waals surface area contributed by atoms with Crippen LogP contribution in [0.15, 0.2) is 13.2 Å². The summed E-state index contributed by atoms with van der Waals surface area (Å²) < 4.78 is 83.5. The van der Waals surface area contributed by atoms with Gasteiger partial charge in [-0.05, 0) is 0 Å². The molecule has 0 rings (SSSR count). The highest BCUT2D eigenvalue weighted by atomic mass is 32.2. The molecule has 0 saturated heterocycles. The zero-order chi connectivity index (χ0) is 15.6. The van der Waals surface area contributed by atoms with Crippen LogP contribution in [0.4, 0.5) is 0 Å². The second-order valence-electron chi connectivity index (χ2n) is 2.51. The lowest BCUT2D eigenvalue weighted by molar-refractivity contribution is 0.626. The van der Waals surface area contributed by atoms with Gasteiger partial charge >= 0.3 is 0 Å². The predicted octanol–water partition coefficient (Wildman–Crippen LogP) is -2.50. The van der Waals surface area contributed by atoms with Gasteiger partial charge in [0.2, 0.25) is 41.2 Å². The Morgan fingerprint density at radius 2 is 0.684 bits per heavy atom. The van der Waals surface area contributed by atoms with Crippen LogP contribution >= 0.6 is 0 Å². The van der Waals surface area contributed by atoms with E-state index in [9.17, 15) is 33.7 Å². The van der Waals surface area contributed by atoms with E-state index >= 15 is 0 Å². The van der Waals surface area contributed by atoms with Gasteiger partial charge in [-0.25, -0.2) is 0 Å². The first-order valence-electron chi connectivity index (χ1n) is 3.93. The van der Waals surface area contributed by atoms with Crippen LogP contribution in [0.3, 0.4) is 0 Å². The van der Waals surface area contributed by atoms with E-state index in [0.717, 1.165) is 0 Å². The second-order valence-corrected chi connectivity index (χ2v) is 5.54. The summed E-state index contributed by atoms with van der Waals surface area (Å²) in [4.78, 5) is 0. The van der Waals surface area contributed by atoms with Crippen molar-refractivity contribution >= 4 is 62.6 Å². The summed E-state index contributed by atoms with van der Waals surface area (Å²) in [6.45, 7) is 6.00. The van der Waals surface area contributed by atoms with Gasteiger partial charge in [0, 0.05) is 0 Å². The first-order valence-corrected chi connectivity index (χ1v) is 8.48. The molecule has 0 amide bonds.